The van der Waals surface area contributed by atoms with Crippen molar-refractivity contribution in [3.05, 3.63) is 0 Å². The van der Waals surface area contributed by atoms with Crippen molar-refractivity contribution in [3.8, 4) is 0 Å². The van der Waals surface area contributed by atoms with Crippen molar-refractivity contribution in [1.82, 2.24) is 10.2 Å². The Balaban J connectivity index is 4.88. The molecule has 0 spiro atoms. The maximum Gasteiger partial charge on any atom is 0.239 e. The van der Waals surface area contributed by atoms with E-state index in [1.54, 1.807) is 4.90 Å². The van der Waals surface area contributed by atoms with Gasteiger partial charge in [-0.15, -0.1) is 0 Å². The van der Waals surface area contributed by atoms with Crippen molar-refractivity contribution in [2.24, 2.45) is 11.1 Å². The number of hydrogen-bond acceptors (Lipinski definition) is 3. The maximum atomic E-state index is 12.7. The molecule has 0 aromatic rings. The van der Waals surface area contributed by atoms with Gasteiger partial charge < -0.3 is 16.0 Å². The van der Waals surface area contributed by atoms with Gasteiger partial charge in [-0.2, -0.15) is 0 Å². The Hall–Kier alpha value is -1.10. The molecule has 0 atom stereocenters. The van der Waals surface area contributed by atoms with E-state index in [0.29, 0.717) is 32.5 Å². The standard InChI is InChI=1S/C15H31N3O2/c1-5-9-17-13(19)11-18(10-6-2)14(20)15(7-3,8-4)12-16/h5-12,16H2,1-4H3,(H,17,19). The molecule has 2 amide bonds. The molecule has 0 aliphatic rings. The minimum Gasteiger partial charge on any atom is -0.355 e. The quantitative estimate of drug-likeness (QED) is 0.639. The normalized spacial score (nSPS) is 11.2. The van der Waals surface area contributed by atoms with Crippen molar-refractivity contribution >= 4 is 11.8 Å². The Morgan fingerprint density at radius 2 is 1.70 bits per heavy atom. The Morgan fingerprint density at radius 1 is 1.10 bits per heavy atom. The van der Waals surface area contributed by atoms with Gasteiger partial charge in [0.2, 0.25) is 11.8 Å². The van der Waals surface area contributed by atoms with Crippen LogP contribution in [0.4, 0.5) is 0 Å². The van der Waals surface area contributed by atoms with Crippen LogP contribution in [-0.2, 0) is 9.59 Å². The smallest absolute Gasteiger partial charge is 0.239 e. The van der Waals surface area contributed by atoms with Gasteiger partial charge in [0.05, 0.1) is 12.0 Å². The summed E-state index contributed by atoms with van der Waals surface area (Å²) >= 11 is 0. The van der Waals surface area contributed by atoms with Crippen LogP contribution in [0, 0.1) is 5.41 Å². The second kappa shape index (κ2) is 9.75. The summed E-state index contributed by atoms with van der Waals surface area (Å²) in [5.74, 6) is -0.0784. The summed E-state index contributed by atoms with van der Waals surface area (Å²) in [4.78, 5) is 26.2. The predicted molar refractivity (Wildman–Crippen MR) is 82.2 cm³/mol. The fraction of sp³-hybridized carbons (Fsp3) is 0.867. The molecular weight excluding hydrogens is 254 g/mol. The molecule has 5 nitrogen and oxygen atoms in total. The van der Waals surface area contributed by atoms with Crippen LogP contribution < -0.4 is 11.1 Å². The number of rotatable bonds is 10. The SMILES string of the molecule is CCCNC(=O)CN(CCC)C(=O)C(CC)(CC)CN. The first kappa shape index (κ1) is 18.9. The van der Waals surface area contributed by atoms with Gasteiger partial charge in [-0.3, -0.25) is 9.59 Å². The summed E-state index contributed by atoms with van der Waals surface area (Å²) in [6.07, 6.45) is 3.14. The third-order valence-electron chi connectivity index (χ3n) is 3.89. The maximum absolute atomic E-state index is 12.7. The van der Waals surface area contributed by atoms with Crippen molar-refractivity contribution in [1.29, 1.82) is 0 Å². The summed E-state index contributed by atoms with van der Waals surface area (Å²) in [7, 11) is 0. The van der Waals surface area contributed by atoms with E-state index in [-0.39, 0.29) is 18.4 Å². The number of amides is 2. The van der Waals surface area contributed by atoms with Gasteiger partial charge in [0, 0.05) is 19.6 Å². The van der Waals surface area contributed by atoms with Crippen LogP contribution in [0.3, 0.4) is 0 Å². The highest BCUT2D eigenvalue weighted by molar-refractivity contribution is 5.88. The molecule has 0 aromatic carbocycles. The second-order valence-electron chi connectivity index (χ2n) is 5.27. The minimum atomic E-state index is -0.528. The summed E-state index contributed by atoms with van der Waals surface area (Å²) in [5.41, 5.74) is 5.30. The Kier molecular flexibility index (Phi) is 9.21. The van der Waals surface area contributed by atoms with E-state index in [4.69, 9.17) is 5.73 Å². The van der Waals surface area contributed by atoms with Crippen LogP contribution >= 0.6 is 0 Å². The predicted octanol–water partition coefficient (Wildman–Crippen LogP) is 1.52. The molecular formula is C15H31N3O2. The van der Waals surface area contributed by atoms with E-state index in [1.807, 2.05) is 27.7 Å². The van der Waals surface area contributed by atoms with E-state index in [2.05, 4.69) is 5.32 Å². The molecule has 0 bridgehead atoms. The first-order valence-corrected chi connectivity index (χ1v) is 7.77. The summed E-state index contributed by atoms with van der Waals surface area (Å²) in [5, 5.41) is 2.82. The minimum absolute atomic E-state index is 0.0125. The van der Waals surface area contributed by atoms with E-state index >= 15 is 0 Å². The van der Waals surface area contributed by atoms with Gasteiger partial charge >= 0.3 is 0 Å². The third-order valence-corrected chi connectivity index (χ3v) is 3.89. The molecule has 0 radical (unpaired) electrons. The first-order chi connectivity index (χ1) is 9.51. The van der Waals surface area contributed by atoms with Crippen LogP contribution in [-0.4, -0.2) is 42.9 Å². The zero-order chi connectivity index (χ0) is 15.6. The molecule has 0 fully saturated rings. The Morgan fingerprint density at radius 3 is 2.10 bits per heavy atom. The highest BCUT2D eigenvalue weighted by atomic mass is 16.2. The van der Waals surface area contributed by atoms with Gasteiger partial charge in [-0.05, 0) is 25.7 Å². The van der Waals surface area contributed by atoms with E-state index in [9.17, 15) is 9.59 Å². The Bertz CT molecular complexity index is 293. The third kappa shape index (κ3) is 5.12. The molecule has 3 N–H and O–H groups in total. The molecule has 0 aliphatic carbocycles. The molecule has 0 saturated carbocycles. The topological polar surface area (TPSA) is 75.4 Å². The van der Waals surface area contributed by atoms with Gasteiger partial charge in [-0.1, -0.05) is 27.7 Å². The highest BCUT2D eigenvalue weighted by Gasteiger charge is 2.37. The average Bonchev–Trinajstić information content (AvgIpc) is 2.47. The Labute approximate surface area is 123 Å². The lowest BCUT2D eigenvalue weighted by Gasteiger charge is -2.34. The largest absolute Gasteiger partial charge is 0.355 e. The molecule has 118 valence electrons. The lowest BCUT2D eigenvalue weighted by atomic mass is 9.81. The number of carbonyl (C=O) groups excluding carboxylic acids is 2. The van der Waals surface area contributed by atoms with Crippen LogP contribution in [0.25, 0.3) is 0 Å². The molecule has 0 aromatic heterocycles. The zero-order valence-electron chi connectivity index (χ0n) is 13.5. The summed E-state index contributed by atoms with van der Waals surface area (Å²) in [6.45, 7) is 9.68. The van der Waals surface area contributed by atoms with Gasteiger partial charge in [-0.25, -0.2) is 0 Å². The van der Waals surface area contributed by atoms with Gasteiger partial charge in [0.1, 0.15) is 0 Å². The fourth-order valence-corrected chi connectivity index (χ4v) is 2.28. The summed E-state index contributed by atoms with van der Waals surface area (Å²) in [6, 6.07) is 0. The average molecular weight is 285 g/mol. The first-order valence-electron chi connectivity index (χ1n) is 7.77. The van der Waals surface area contributed by atoms with Crippen molar-refractivity contribution in [2.75, 3.05) is 26.2 Å². The van der Waals surface area contributed by atoms with E-state index in [1.165, 1.54) is 0 Å². The van der Waals surface area contributed by atoms with Gasteiger partial charge in [0.25, 0.3) is 0 Å². The van der Waals surface area contributed by atoms with Gasteiger partial charge in [0.15, 0.2) is 0 Å². The van der Waals surface area contributed by atoms with E-state index in [0.717, 1.165) is 12.8 Å². The zero-order valence-corrected chi connectivity index (χ0v) is 13.5. The molecule has 0 saturated heterocycles. The number of nitrogens with one attached hydrogen (secondary N) is 1. The lowest BCUT2D eigenvalue weighted by molar-refractivity contribution is -0.145. The number of nitrogens with two attached hydrogens (primary N) is 1. The van der Waals surface area contributed by atoms with Crippen molar-refractivity contribution in [2.45, 2.75) is 53.4 Å². The molecule has 0 aliphatic heterocycles. The molecule has 0 heterocycles. The molecule has 0 rings (SSSR count). The number of nitrogens with zero attached hydrogens (tertiary/aromatic N) is 1. The van der Waals surface area contributed by atoms with Crippen LogP contribution in [0.5, 0.6) is 0 Å². The lowest BCUT2D eigenvalue weighted by Crippen LogP contribution is -2.50. The molecule has 5 heteroatoms. The molecule has 0 unspecified atom stereocenters. The number of hydrogen-bond donors (Lipinski definition) is 2. The van der Waals surface area contributed by atoms with Crippen molar-refractivity contribution < 1.29 is 9.59 Å². The van der Waals surface area contributed by atoms with Crippen LogP contribution in [0.1, 0.15) is 53.4 Å². The monoisotopic (exact) mass is 285 g/mol. The summed E-state index contributed by atoms with van der Waals surface area (Å²) < 4.78 is 0. The van der Waals surface area contributed by atoms with Crippen molar-refractivity contribution in [3.63, 3.8) is 0 Å². The molecule has 20 heavy (non-hydrogen) atoms. The second-order valence-corrected chi connectivity index (χ2v) is 5.27. The van der Waals surface area contributed by atoms with Crippen LogP contribution in [0.2, 0.25) is 0 Å². The number of carbonyl (C=O) groups is 2. The fourth-order valence-electron chi connectivity index (χ4n) is 2.28. The highest BCUT2D eigenvalue weighted by Crippen LogP contribution is 2.27. The van der Waals surface area contributed by atoms with Crippen LogP contribution in [0.15, 0.2) is 0 Å². The van der Waals surface area contributed by atoms with E-state index < -0.39 is 5.41 Å².